The quantitative estimate of drug-likeness (QED) is 0.225. The van der Waals surface area contributed by atoms with E-state index >= 15 is 4.39 Å². The third-order valence-corrected chi connectivity index (χ3v) is 7.21. The van der Waals surface area contributed by atoms with Gasteiger partial charge in [-0.3, -0.25) is 9.48 Å². The Morgan fingerprint density at radius 2 is 2.03 bits per heavy atom. The summed E-state index contributed by atoms with van der Waals surface area (Å²) in [6.45, 7) is 10.0. The molecular formula is C26H25F4N5OS. The molecule has 37 heavy (non-hydrogen) atoms. The minimum atomic E-state index is -4.69. The van der Waals surface area contributed by atoms with Crippen LogP contribution in [0.25, 0.3) is 16.0 Å². The topological polar surface area (TPSA) is 45.7 Å². The number of carbonyl (C=O) groups is 1. The molecule has 1 aromatic carbocycles. The first-order valence-corrected chi connectivity index (χ1v) is 12.4. The van der Waals surface area contributed by atoms with Gasteiger partial charge in [0.15, 0.2) is 5.69 Å². The van der Waals surface area contributed by atoms with E-state index in [1.54, 1.807) is 42.2 Å². The highest BCUT2D eigenvalue weighted by Crippen LogP contribution is 2.47. The van der Waals surface area contributed by atoms with E-state index in [9.17, 15) is 18.0 Å². The Morgan fingerprint density at radius 1 is 1.30 bits per heavy atom. The molecule has 0 fully saturated rings. The zero-order chi connectivity index (χ0) is 26.9. The van der Waals surface area contributed by atoms with Gasteiger partial charge in [-0.2, -0.15) is 29.6 Å². The summed E-state index contributed by atoms with van der Waals surface area (Å²) in [5.74, 6) is -1.72. The summed E-state index contributed by atoms with van der Waals surface area (Å²) >= 11 is 0.975. The van der Waals surface area contributed by atoms with Crippen molar-refractivity contribution in [2.75, 3.05) is 27.2 Å². The van der Waals surface area contributed by atoms with E-state index in [-0.39, 0.29) is 47.2 Å². The van der Waals surface area contributed by atoms with Crippen molar-refractivity contribution < 1.29 is 22.4 Å². The van der Waals surface area contributed by atoms with Crippen molar-refractivity contribution in [3.05, 3.63) is 81.5 Å². The largest absolute Gasteiger partial charge is 0.435 e. The highest BCUT2D eigenvalue weighted by molar-refractivity contribution is 7.16. The molecule has 2 aromatic heterocycles. The lowest BCUT2D eigenvalue weighted by molar-refractivity contribution is -0.141. The molecule has 6 nitrogen and oxygen atoms in total. The van der Waals surface area contributed by atoms with Crippen molar-refractivity contribution in [3.63, 3.8) is 0 Å². The molecule has 0 aliphatic carbocycles. The van der Waals surface area contributed by atoms with E-state index in [0.717, 1.165) is 11.3 Å². The molecule has 3 heterocycles. The Hall–Kier alpha value is -3.49. The molecule has 0 saturated heterocycles. The summed E-state index contributed by atoms with van der Waals surface area (Å²) in [5, 5.41) is 3.61. The van der Waals surface area contributed by atoms with Gasteiger partial charge >= 0.3 is 6.18 Å². The number of alkyl halides is 3. The molecule has 3 aromatic rings. The predicted octanol–water partition coefficient (Wildman–Crippen LogP) is 5.93. The molecule has 0 saturated carbocycles. The van der Waals surface area contributed by atoms with Crippen molar-refractivity contribution in [1.82, 2.24) is 19.6 Å². The first kappa shape index (κ1) is 26.6. The van der Waals surface area contributed by atoms with Crippen LogP contribution in [0.1, 0.15) is 34.5 Å². The van der Waals surface area contributed by atoms with E-state index in [1.807, 2.05) is 19.0 Å². The summed E-state index contributed by atoms with van der Waals surface area (Å²) in [5.41, 5.74) is -0.168. The third-order valence-electron chi connectivity index (χ3n) is 6.16. The molecule has 1 unspecified atom stereocenters. The van der Waals surface area contributed by atoms with E-state index in [4.69, 9.17) is 6.57 Å². The number of amides is 1. The van der Waals surface area contributed by atoms with Gasteiger partial charge in [-0.25, -0.2) is 9.24 Å². The van der Waals surface area contributed by atoms with Crippen molar-refractivity contribution in [3.8, 4) is 11.1 Å². The zero-order valence-corrected chi connectivity index (χ0v) is 21.3. The van der Waals surface area contributed by atoms with Crippen molar-refractivity contribution in [2.45, 2.75) is 32.1 Å². The average molecular weight is 532 g/mol. The average Bonchev–Trinajstić information content (AvgIpc) is 3.44. The number of aryl methyl sites for hydroxylation is 1. The normalized spacial score (nSPS) is 15.9. The minimum Gasteiger partial charge on any atom is -0.333 e. The van der Waals surface area contributed by atoms with Gasteiger partial charge in [0, 0.05) is 53.8 Å². The maximum absolute atomic E-state index is 15.4. The molecule has 1 aliphatic rings. The molecule has 0 radical (unpaired) electrons. The van der Waals surface area contributed by atoms with Crippen LogP contribution in [-0.4, -0.2) is 52.7 Å². The summed E-state index contributed by atoms with van der Waals surface area (Å²) in [4.78, 5) is 20.3. The minimum absolute atomic E-state index is 0.0590. The lowest BCUT2D eigenvalue weighted by Gasteiger charge is -2.34. The number of carbonyl (C=O) groups excluding carboxylic acids is 1. The van der Waals surface area contributed by atoms with Crippen LogP contribution >= 0.6 is 11.3 Å². The second-order valence-electron chi connectivity index (χ2n) is 8.94. The van der Waals surface area contributed by atoms with Crippen LogP contribution < -0.4 is 0 Å². The van der Waals surface area contributed by atoms with Gasteiger partial charge in [-0.15, -0.1) is 0 Å². The van der Waals surface area contributed by atoms with Crippen molar-refractivity contribution in [2.24, 2.45) is 0 Å². The van der Waals surface area contributed by atoms with Crippen LogP contribution in [0.2, 0.25) is 0 Å². The fraction of sp³-hybridized carbons (Fsp3) is 0.346. The Kier molecular flexibility index (Phi) is 7.52. The first-order chi connectivity index (χ1) is 17.5. The molecule has 11 heteroatoms. The number of nitrogens with zero attached hydrogens (tertiary/aromatic N) is 5. The van der Waals surface area contributed by atoms with Crippen LogP contribution in [0.4, 0.5) is 22.6 Å². The molecule has 194 valence electrons. The number of halogens is 4. The van der Waals surface area contributed by atoms with E-state index in [1.165, 1.54) is 17.0 Å². The number of aromatic nitrogens is 2. The first-order valence-electron chi connectivity index (χ1n) is 11.6. The predicted molar refractivity (Wildman–Crippen MR) is 134 cm³/mol. The van der Waals surface area contributed by atoms with Gasteiger partial charge in [0.2, 0.25) is 5.91 Å². The number of benzene rings is 1. The van der Waals surface area contributed by atoms with Gasteiger partial charge in [0.1, 0.15) is 5.82 Å². The highest BCUT2D eigenvalue weighted by atomic mass is 32.1. The van der Waals surface area contributed by atoms with Crippen molar-refractivity contribution >= 4 is 22.2 Å². The van der Waals surface area contributed by atoms with Crippen LogP contribution in [0.15, 0.2) is 42.6 Å². The van der Waals surface area contributed by atoms with Crippen LogP contribution in [0.5, 0.6) is 0 Å². The van der Waals surface area contributed by atoms with Crippen LogP contribution in [-0.2, 0) is 24.1 Å². The molecule has 1 atom stereocenters. The van der Waals surface area contributed by atoms with Gasteiger partial charge in [0.05, 0.1) is 13.1 Å². The van der Waals surface area contributed by atoms with Gasteiger partial charge in [0.25, 0.3) is 5.00 Å². The summed E-state index contributed by atoms with van der Waals surface area (Å²) in [6, 6.07) is 6.50. The summed E-state index contributed by atoms with van der Waals surface area (Å²) in [7, 11) is 3.73. The molecule has 0 bridgehead atoms. The second-order valence-corrected chi connectivity index (χ2v) is 10.0. The van der Waals surface area contributed by atoms with Crippen LogP contribution in [0, 0.1) is 12.4 Å². The fourth-order valence-electron chi connectivity index (χ4n) is 4.47. The number of hydrogen-bond donors (Lipinski definition) is 0. The van der Waals surface area contributed by atoms with Crippen LogP contribution in [0.3, 0.4) is 0 Å². The number of fused-ring (bicyclic) bond motifs is 1. The lowest BCUT2D eigenvalue weighted by Crippen LogP contribution is -2.37. The Morgan fingerprint density at radius 3 is 2.68 bits per heavy atom. The molecule has 0 N–H and O–H groups in total. The van der Waals surface area contributed by atoms with Crippen molar-refractivity contribution in [1.29, 1.82) is 0 Å². The molecular weight excluding hydrogens is 506 g/mol. The summed E-state index contributed by atoms with van der Waals surface area (Å²) < 4.78 is 58.4. The Bertz CT molecular complexity index is 1380. The van der Waals surface area contributed by atoms with E-state index in [2.05, 4.69) is 9.94 Å². The van der Waals surface area contributed by atoms with Gasteiger partial charge in [-0.1, -0.05) is 30.3 Å². The summed E-state index contributed by atoms with van der Waals surface area (Å²) in [6.07, 6.45) is -0.187. The number of likely N-dealkylation sites (N-methyl/N-ethyl adjacent to an activating group) is 1. The maximum Gasteiger partial charge on any atom is 0.435 e. The third kappa shape index (κ3) is 5.31. The van der Waals surface area contributed by atoms with Gasteiger partial charge in [-0.05, 0) is 32.1 Å². The highest BCUT2D eigenvalue weighted by Gasteiger charge is 2.40. The van der Waals surface area contributed by atoms with E-state index in [0.29, 0.717) is 17.0 Å². The smallest absolute Gasteiger partial charge is 0.333 e. The number of thiophene rings is 1. The number of rotatable bonds is 6. The fourth-order valence-corrected chi connectivity index (χ4v) is 5.51. The lowest BCUT2D eigenvalue weighted by atomic mass is 9.83. The zero-order valence-electron chi connectivity index (χ0n) is 20.5. The Labute approximate surface area is 216 Å². The SMILES string of the molecule is [C-]#[N+]c1sc2c(c1F)C(c1ccccc1-c1cn(CC)nc1C(F)(F)F)CN(C(=O)/C=C/CN(C)C)C2. The standard InChI is InChI=1S/C26H25F4N5OS/c1-5-35-14-19(24(32-35)26(28,29)30)17-10-7-6-9-16(17)18-13-34(21(36)11-8-12-33(3)4)15-20-22(18)23(27)25(31-2)37-20/h6-11,14,18H,5,12-13,15H2,1,3-4H3/b11-8+. The Balaban J connectivity index is 1.85. The van der Waals surface area contributed by atoms with E-state index < -0.39 is 23.6 Å². The molecule has 0 spiro atoms. The molecule has 4 rings (SSSR count). The monoisotopic (exact) mass is 531 g/mol. The molecule has 1 amide bonds. The maximum atomic E-state index is 15.4. The number of hydrogen-bond acceptors (Lipinski definition) is 4. The molecule has 1 aliphatic heterocycles. The van der Waals surface area contributed by atoms with Gasteiger partial charge < -0.3 is 9.80 Å². The second kappa shape index (κ2) is 10.5.